The molecule has 4 aromatic rings. The largest absolute Gasteiger partial charge is 0.208 e. The molecule has 0 fully saturated rings. The van der Waals surface area contributed by atoms with Gasteiger partial charge in [0.2, 0.25) is 0 Å². The minimum Gasteiger partial charge on any atom is -0.208 e. The SMILES string of the molecule is Cc1c(F)c(F)c2c(c1F)C1=NC2=NC2=NC(=NC3=NC(=NC4=NC(=N1)c1c(F)c(C)c(F)c(F)c14)c1c(F)c(F)c(F)c(F)c13)c1ccccc12. The molecule has 0 aliphatic carbocycles. The summed E-state index contributed by atoms with van der Waals surface area (Å²) in [6, 6.07) is 5.94. The number of nitrogens with zero attached hydrogens (tertiary/aromatic N) is 8. The van der Waals surface area contributed by atoms with Crippen LogP contribution in [0, 0.1) is 72.0 Å². The first-order valence-electron chi connectivity index (χ1n) is 14.8. The minimum atomic E-state index is -2.27. The third-order valence-corrected chi connectivity index (χ3v) is 8.79. The maximum absolute atomic E-state index is 15.8. The van der Waals surface area contributed by atoms with E-state index in [1.54, 1.807) is 0 Å². The lowest BCUT2D eigenvalue weighted by Gasteiger charge is -2.10. The van der Waals surface area contributed by atoms with Gasteiger partial charge in [0.1, 0.15) is 11.6 Å². The van der Waals surface area contributed by atoms with E-state index in [0.717, 1.165) is 13.8 Å². The Hall–Kier alpha value is -6.46. The van der Waals surface area contributed by atoms with Gasteiger partial charge in [0.15, 0.2) is 93.2 Å². The number of benzene rings is 4. The van der Waals surface area contributed by atoms with Crippen LogP contribution in [0.1, 0.15) is 55.6 Å². The summed E-state index contributed by atoms with van der Waals surface area (Å²) in [4.78, 5) is 32.6. The number of aliphatic imine (C=N–C) groups is 8. The first-order chi connectivity index (χ1) is 24.8. The van der Waals surface area contributed by atoms with Crippen LogP contribution < -0.4 is 0 Å². The number of hydrogen-bond acceptors (Lipinski definition) is 8. The second-order valence-electron chi connectivity index (χ2n) is 11.7. The number of amidine groups is 8. The van der Waals surface area contributed by atoms with Gasteiger partial charge in [-0.05, 0) is 13.8 Å². The van der Waals surface area contributed by atoms with Crippen LogP contribution in [-0.4, -0.2) is 46.7 Å². The number of fused-ring (bicyclic) bond motifs is 16. The molecule has 5 aliphatic heterocycles. The maximum atomic E-state index is 15.8. The summed E-state index contributed by atoms with van der Waals surface area (Å²) in [5.74, 6) is -23.7. The summed E-state index contributed by atoms with van der Waals surface area (Å²) >= 11 is 0. The number of hydrogen-bond donors (Lipinski definition) is 0. The van der Waals surface area contributed by atoms with E-state index < -0.39 is 138 Å². The molecule has 256 valence electrons. The van der Waals surface area contributed by atoms with Crippen LogP contribution in [-0.2, 0) is 0 Å². The third kappa shape index (κ3) is 3.99. The third-order valence-electron chi connectivity index (χ3n) is 8.79. The summed E-state index contributed by atoms with van der Waals surface area (Å²) in [5.41, 5.74) is -7.00. The number of halogens is 10. The highest BCUT2D eigenvalue weighted by molar-refractivity contribution is 6.35. The fraction of sp³-hybridized carbons (Fsp3) is 0.0588. The van der Waals surface area contributed by atoms with Gasteiger partial charge in [0.05, 0.1) is 33.4 Å². The molecule has 0 unspecified atom stereocenters. The van der Waals surface area contributed by atoms with E-state index in [9.17, 15) is 17.6 Å². The quantitative estimate of drug-likeness (QED) is 0.108. The zero-order valence-electron chi connectivity index (χ0n) is 25.7. The second-order valence-corrected chi connectivity index (χ2v) is 11.7. The molecule has 0 N–H and O–H groups in total. The van der Waals surface area contributed by atoms with Crippen molar-refractivity contribution in [2.45, 2.75) is 13.8 Å². The van der Waals surface area contributed by atoms with Gasteiger partial charge in [0, 0.05) is 22.3 Å². The topological polar surface area (TPSA) is 98.9 Å². The van der Waals surface area contributed by atoms with Crippen molar-refractivity contribution in [2.75, 3.05) is 0 Å². The maximum Gasteiger partial charge on any atom is 0.198 e. The zero-order chi connectivity index (χ0) is 36.7. The van der Waals surface area contributed by atoms with Crippen molar-refractivity contribution in [1.29, 1.82) is 0 Å². The normalized spacial score (nSPS) is 16.2. The first kappa shape index (κ1) is 31.5. The molecule has 0 radical (unpaired) electrons. The van der Waals surface area contributed by atoms with Crippen molar-refractivity contribution in [1.82, 2.24) is 0 Å². The second kappa shape index (κ2) is 10.5. The fourth-order valence-electron chi connectivity index (χ4n) is 6.23. The summed E-state index contributed by atoms with van der Waals surface area (Å²) in [6.45, 7) is 1.79. The molecule has 0 amide bonds. The smallest absolute Gasteiger partial charge is 0.198 e. The van der Waals surface area contributed by atoms with Gasteiger partial charge in [-0.25, -0.2) is 83.8 Å². The van der Waals surface area contributed by atoms with Gasteiger partial charge < -0.3 is 0 Å². The van der Waals surface area contributed by atoms with Crippen molar-refractivity contribution in [2.24, 2.45) is 39.9 Å². The Morgan fingerprint density at radius 3 is 0.846 bits per heavy atom. The van der Waals surface area contributed by atoms with Crippen molar-refractivity contribution in [3.8, 4) is 0 Å². The highest BCUT2D eigenvalue weighted by Crippen LogP contribution is 2.37. The molecule has 8 bridgehead atoms. The van der Waals surface area contributed by atoms with Crippen LogP contribution in [0.2, 0.25) is 0 Å². The molecule has 5 heterocycles. The molecule has 4 aromatic carbocycles. The standard InChI is InChI=1S/C34H10F10N8/c1-7-17(35)11-13(21(39)19(7)37)31-46-27-9-5-3-4-6-10(9)28(45-27)47-32-15-16(24(42)26(44)25(43)23(15)41)34(51-32)52-33-14-12(30(50-33)48-29(11)49-31)18(36)8(2)20(38)22(14)40/h3-6H,1-2H3. The number of rotatable bonds is 0. The van der Waals surface area contributed by atoms with Gasteiger partial charge in [-0.15, -0.1) is 0 Å². The Morgan fingerprint density at radius 2 is 0.519 bits per heavy atom. The molecule has 0 saturated carbocycles. The zero-order valence-corrected chi connectivity index (χ0v) is 25.7. The summed E-state index contributed by atoms with van der Waals surface area (Å²) in [7, 11) is 0. The molecule has 9 rings (SSSR count). The van der Waals surface area contributed by atoms with Crippen LogP contribution in [0.25, 0.3) is 0 Å². The van der Waals surface area contributed by atoms with Gasteiger partial charge in [-0.1, -0.05) is 24.3 Å². The van der Waals surface area contributed by atoms with Gasteiger partial charge in [-0.3, -0.25) is 0 Å². The van der Waals surface area contributed by atoms with Gasteiger partial charge >= 0.3 is 0 Å². The van der Waals surface area contributed by atoms with Gasteiger partial charge in [-0.2, -0.15) is 0 Å². The Bertz CT molecular complexity index is 2760. The van der Waals surface area contributed by atoms with E-state index in [1.165, 1.54) is 24.3 Å². The lowest BCUT2D eigenvalue weighted by atomic mass is 10.0. The first-order valence-corrected chi connectivity index (χ1v) is 14.8. The van der Waals surface area contributed by atoms with Crippen LogP contribution in [0.5, 0.6) is 0 Å². The van der Waals surface area contributed by atoms with Crippen LogP contribution in [0.4, 0.5) is 43.9 Å². The molecule has 8 nitrogen and oxygen atoms in total. The predicted octanol–water partition coefficient (Wildman–Crippen LogP) is 6.84. The van der Waals surface area contributed by atoms with Crippen LogP contribution in [0.15, 0.2) is 64.2 Å². The summed E-state index contributed by atoms with van der Waals surface area (Å²) < 4.78 is 153. The Morgan fingerprint density at radius 1 is 0.288 bits per heavy atom. The average Bonchev–Trinajstić information content (AvgIpc) is 3.87. The van der Waals surface area contributed by atoms with E-state index in [0.29, 0.717) is 0 Å². The summed E-state index contributed by atoms with van der Waals surface area (Å²) in [5, 5.41) is 0. The predicted molar refractivity (Wildman–Crippen MR) is 167 cm³/mol. The monoisotopic (exact) mass is 720 g/mol. The lowest BCUT2D eigenvalue weighted by molar-refractivity contribution is 0.407. The molecule has 5 aliphatic rings. The van der Waals surface area contributed by atoms with E-state index in [2.05, 4.69) is 39.9 Å². The van der Waals surface area contributed by atoms with Crippen molar-refractivity contribution in [3.05, 3.63) is 138 Å². The fourth-order valence-corrected chi connectivity index (χ4v) is 6.23. The van der Waals surface area contributed by atoms with Gasteiger partial charge in [0.25, 0.3) is 0 Å². The lowest BCUT2D eigenvalue weighted by Crippen LogP contribution is -2.13. The van der Waals surface area contributed by atoms with Crippen LogP contribution >= 0.6 is 0 Å². The Labute approximate surface area is 282 Å². The van der Waals surface area contributed by atoms with E-state index >= 15 is 26.3 Å². The summed E-state index contributed by atoms with van der Waals surface area (Å²) in [6.07, 6.45) is 0. The molecular formula is C34H10F10N8. The molecule has 0 saturated heterocycles. The Kier molecular flexibility index (Phi) is 6.38. The molecule has 18 heteroatoms. The average molecular weight is 720 g/mol. The highest BCUT2D eigenvalue weighted by Gasteiger charge is 2.40. The van der Waals surface area contributed by atoms with E-state index in [-0.39, 0.29) is 22.8 Å². The van der Waals surface area contributed by atoms with E-state index in [4.69, 9.17) is 0 Å². The molecular weight excluding hydrogens is 710 g/mol. The van der Waals surface area contributed by atoms with Crippen molar-refractivity contribution < 1.29 is 43.9 Å². The molecule has 0 atom stereocenters. The minimum absolute atomic E-state index is 0.148. The molecule has 0 aromatic heterocycles. The van der Waals surface area contributed by atoms with Crippen molar-refractivity contribution in [3.63, 3.8) is 0 Å². The van der Waals surface area contributed by atoms with Crippen LogP contribution in [0.3, 0.4) is 0 Å². The van der Waals surface area contributed by atoms with Crippen molar-refractivity contribution >= 4 is 46.7 Å². The molecule has 0 spiro atoms. The Balaban J connectivity index is 1.44. The van der Waals surface area contributed by atoms with E-state index in [1.807, 2.05) is 0 Å². The molecule has 52 heavy (non-hydrogen) atoms. The highest BCUT2D eigenvalue weighted by atomic mass is 19.2.